The maximum Gasteiger partial charge on any atom is 0.236 e. The molecule has 0 heterocycles. The van der Waals surface area contributed by atoms with Gasteiger partial charge in [0, 0.05) is 11.1 Å². The fourth-order valence-corrected chi connectivity index (χ4v) is 1.09. The van der Waals surface area contributed by atoms with Crippen LogP contribution in [0.15, 0.2) is 24.3 Å². The molecule has 0 saturated heterocycles. The van der Waals surface area contributed by atoms with Gasteiger partial charge in [0.1, 0.15) is 5.68 Å². The van der Waals surface area contributed by atoms with Crippen molar-refractivity contribution in [2.75, 3.05) is 0 Å². The minimum Gasteiger partial charge on any atom is -0.306 e. The molecule has 12 heavy (non-hydrogen) atoms. The van der Waals surface area contributed by atoms with Crippen molar-refractivity contribution in [3.63, 3.8) is 0 Å². The Bertz CT molecular complexity index is 312. The Kier molecular flexibility index (Phi) is 3.18. The van der Waals surface area contributed by atoms with Crippen LogP contribution in [0.5, 0.6) is 0 Å². The quantitative estimate of drug-likeness (QED) is 0.394. The zero-order chi connectivity index (χ0) is 8.97. The Morgan fingerprint density at radius 1 is 1.42 bits per heavy atom. The van der Waals surface area contributed by atoms with Gasteiger partial charge in [-0.15, -0.1) is 0 Å². The van der Waals surface area contributed by atoms with Gasteiger partial charge in [0.25, 0.3) is 0 Å². The summed E-state index contributed by atoms with van der Waals surface area (Å²) < 4.78 is 0. The molecule has 0 spiro atoms. The molecule has 0 aliphatic rings. The van der Waals surface area contributed by atoms with E-state index in [1.807, 2.05) is 0 Å². The smallest absolute Gasteiger partial charge is 0.236 e. The predicted octanol–water partition coefficient (Wildman–Crippen LogP) is 1.13. The maximum absolute atomic E-state index is 11.2. The molecule has 0 saturated carbocycles. The van der Waals surface area contributed by atoms with E-state index < -0.39 is 0 Å². The van der Waals surface area contributed by atoms with Crippen molar-refractivity contribution in [3.05, 3.63) is 35.4 Å². The van der Waals surface area contributed by atoms with Crippen LogP contribution in [0.3, 0.4) is 0 Å². The van der Waals surface area contributed by atoms with Gasteiger partial charge in [-0.2, -0.15) is 9.12 Å². The van der Waals surface area contributed by atoms with E-state index in [1.165, 1.54) is 7.00 Å². The molecular formula is C8H7BO2P. The van der Waals surface area contributed by atoms with Crippen molar-refractivity contribution in [1.29, 1.82) is 0 Å². The second kappa shape index (κ2) is 4.17. The SMILES string of the molecule is O=Cc1ccccc1C(=O)[B]P. The number of benzene rings is 1. The number of carbonyl (C=O) groups is 2. The van der Waals surface area contributed by atoms with E-state index in [4.69, 9.17) is 0 Å². The van der Waals surface area contributed by atoms with Gasteiger partial charge in [0.05, 0.1) is 0 Å². The summed E-state index contributed by atoms with van der Waals surface area (Å²) in [5.74, 6) is 0. The van der Waals surface area contributed by atoms with E-state index in [0.29, 0.717) is 17.4 Å². The summed E-state index contributed by atoms with van der Waals surface area (Å²) in [7, 11) is 2.22. The largest absolute Gasteiger partial charge is 0.306 e. The van der Waals surface area contributed by atoms with Crippen LogP contribution in [-0.4, -0.2) is 19.0 Å². The van der Waals surface area contributed by atoms with Crippen LogP contribution in [0.2, 0.25) is 0 Å². The van der Waals surface area contributed by atoms with Gasteiger partial charge >= 0.3 is 0 Å². The lowest BCUT2D eigenvalue weighted by molar-refractivity contribution is 0.106. The first-order chi connectivity index (χ1) is 5.79. The van der Waals surface area contributed by atoms with Gasteiger partial charge in [0.15, 0.2) is 6.29 Å². The minimum atomic E-state index is -0.150. The topological polar surface area (TPSA) is 34.1 Å². The Hall–Kier alpha value is -0.945. The van der Waals surface area contributed by atoms with Gasteiger partial charge in [-0.25, -0.2) is 0 Å². The standard InChI is InChI=1S/C8H7BO2P/c10-5-6-3-1-2-4-7(6)8(11)9-12/h1-5H,12H2. The summed E-state index contributed by atoms with van der Waals surface area (Å²) >= 11 is 0. The highest BCUT2D eigenvalue weighted by molar-refractivity contribution is 7.62. The van der Waals surface area contributed by atoms with E-state index in [1.54, 1.807) is 24.3 Å². The first-order valence-electron chi connectivity index (χ1n) is 3.43. The summed E-state index contributed by atoms with van der Waals surface area (Å²) in [6.45, 7) is 1.36. The third-order valence-corrected chi connectivity index (χ3v) is 1.81. The highest BCUT2D eigenvalue weighted by atomic mass is 31.0. The van der Waals surface area contributed by atoms with Crippen molar-refractivity contribution >= 4 is 28.1 Å². The summed E-state index contributed by atoms with van der Waals surface area (Å²) in [6, 6.07) is 6.71. The normalized spacial score (nSPS) is 9.08. The van der Waals surface area contributed by atoms with Crippen LogP contribution in [0.1, 0.15) is 20.7 Å². The Morgan fingerprint density at radius 3 is 2.67 bits per heavy atom. The minimum absolute atomic E-state index is 0.150. The average molecular weight is 177 g/mol. The van der Waals surface area contributed by atoms with Crippen molar-refractivity contribution < 1.29 is 9.59 Å². The number of aldehydes is 1. The number of rotatable bonds is 3. The number of hydrogen-bond donors (Lipinski definition) is 0. The van der Waals surface area contributed by atoms with Crippen molar-refractivity contribution in [2.24, 2.45) is 0 Å². The molecule has 4 heteroatoms. The van der Waals surface area contributed by atoms with Gasteiger partial charge < -0.3 is 4.79 Å². The summed E-state index contributed by atoms with van der Waals surface area (Å²) in [5, 5.41) is 0. The van der Waals surface area contributed by atoms with E-state index in [0.717, 1.165) is 0 Å². The molecule has 1 rings (SSSR count). The fourth-order valence-electron chi connectivity index (χ4n) is 0.914. The van der Waals surface area contributed by atoms with E-state index in [2.05, 4.69) is 9.12 Å². The first-order valence-corrected chi connectivity index (χ1v) is 4.09. The molecule has 1 radical (unpaired) electrons. The Balaban J connectivity index is 3.13. The summed E-state index contributed by atoms with van der Waals surface area (Å²) in [4.78, 5) is 21.6. The molecule has 1 aromatic carbocycles. The predicted molar refractivity (Wildman–Crippen MR) is 51.6 cm³/mol. The monoisotopic (exact) mass is 177 g/mol. The van der Waals surface area contributed by atoms with Gasteiger partial charge in [-0.1, -0.05) is 24.3 Å². The van der Waals surface area contributed by atoms with Crippen molar-refractivity contribution in [1.82, 2.24) is 0 Å². The number of carbonyl (C=O) groups excluding carboxylic acids is 2. The van der Waals surface area contributed by atoms with Crippen LogP contribution in [-0.2, 0) is 0 Å². The molecule has 2 nitrogen and oxygen atoms in total. The summed E-state index contributed by atoms with van der Waals surface area (Å²) in [6.07, 6.45) is 0.682. The number of hydrogen-bond acceptors (Lipinski definition) is 2. The molecule has 1 aromatic rings. The molecule has 0 bridgehead atoms. The first kappa shape index (κ1) is 9.15. The molecule has 0 aliphatic heterocycles. The second-order valence-electron chi connectivity index (χ2n) is 2.24. The average Bonchev–Trinajstić information content (AvgIpc) is 2.16. The van der Waals surface area contributed by atoms with Crippen molar-refractivity contribution in [3.8, 4) is 0 Å². The molecule has 0 N–H and O–H groups in total. The van der Waals surface area contributed by atoms with Gasteiger partial charge in [0.2, 0.25) is 7.00 Å². The van der Waals surface area contributed by atoms with Crippen LogP contribution in [0.4, 0.5) is 0 Å². The van der Waals surface area contributed by atoms with E-state index >= 15 is 0 Å². The lowest BCUT2D eigenvalue weighted by Gasteiger charge is -1.99. The third-order valence-electron chi connectivity index (χ3n) is 1.50. The summed E-state index contributed by atoms with van der Waals surface area (Å²) in [5.41, 5.74) is 0.728. The fraction of sp³-hybridized carbons (Fsp3) is 0. The zero-order valence-corrected chi connectivity index (χ0v) is 7.51. The molecular weight excluding hydrogens is 170 g/mol. The molecule has 1 atom stereocenters. The second-order valence-corrected chi connectivity index (χ2v) is 2.57. The molecule has 0 aliphatic carbocycles. The molecule has 59 valence electrons. The zero-order valence-electron chi connectivity index (χ0n) is 6.36. The third kappa shape index (κ3) is 1.80. The highest BCUT2D eigenvalue weighted by Crippen LogP contribution is 2.07. The van der Waals surface area contributed by atoms with Gasteiger partial charge in [-0.05, 0) is 0 Å². The molecule has 0 amide bonds. The highest BCUT2D eigenvalue weighted by Gasteiger charge is 2.07. The lowest BCUT2D eigenvalue weighted by atomic mass is 9.90. The van der Waals surface area contributed by atoms with E-state index in [9.17, 15) is 9.59 Å². The van der Waals surface area contributed by atoms with Crippen LogP contribution in [0.25, 0.3) is 0 Å². The van der Waals surface area contributed by atoms with Crippen molar-refractivity contribution in [2.45, 2.75) is 0 Å². The Labute approximate surface area is 73.8 Å². The van der Waals surface area contributed by atoms with E-state index in [-0.39, 0.29) is 5.68 Å². The lowest BCUT2D eigenvalue weighted by Crippen LogP contribution is -2.06. The van der Waals surface area contributed by atoms with Crippen LogP contribution in [0, 0.1) is 0 Å². The molecule has 1 unspecified atom stereocenters. The Morgan fingerprint density at radius 2 is 2.08 bits per heavy atom. The van der Waals surface area contributed by atoms with Gasteiger partial charge in [-0.3, -0.25) is 4.79 Å². The molecule has 0 fully saturated rings. The van der Waals surface area contributed by atoms with Crippen LogP contribution < -0.4 is 0 Å². The molecule has 0 aromatic heterocycles. The van der Waals surface area contributed by atoms with Crippen LogP contribution >= 0.6 is 9.12 Å². The maximum atomic E-state index is 11.2.